The average molecular weight is 398 g/mol. The number of para-hydroxylation sites is 1. The number of halogens is 1. The molecule has 6 heteroatoms. The van der Waals surface area contributed by atoms with E-state index in [-0.39, 0.29) is 16.6 Å². The summed E-state index contributed by atoms with van der Waals surface area (Å²) in [5, 5.41) is 7.80. The first-order valence-corrected chi connectivity index (χ1v) is 10.00. The Morgan fingerprint density at radius 3 is 2.25 bits per heavy atom. The van der Waals surface area contributed by atoms with E-state index in [0.717, 1.165) is 13.1 Å². The molecule has 3 rings (SSSR count). The van der Waals surface area contributed by atoms with Crippen LogP contribution in [0.5, 0.6) is 0 Å². The van der Waals surface area contributed by atoms with Gasteiger partial charge < -0.3 is 10.2 Å². The smallest absolute Gasteiger partial charge is 0.292 e. The second-order valence-electron chi connectivity index (χ2n) is 6.63. The fourth-order valence-corrected chi connectivity index (χ4v) is 3.64. The quantitative estimate of drug-likeness (QED) is 0.614. The number of likely N-dealkylation sites (N-methyl/N-ethyl adjacent to an activating group) is 1. The molecule has 1 aromatic heterocycles. The summed E-state index contributed by atoms with van der Waals surface area (Å²) in [6.07, 6.45) is 1.62. The molecule has 0 amide bonds. The first-order valence-electron chi connectivity index (χ1n) is 9.62. The largest absolute Gasteiger partial charge is 0.376 e. The highest BCUT2D eigenvalue weighted by atomic mass is 35.5. The van der Waals surface area contributed by atoms with E-state index in [1.807, 2.05) is 36.4 Å². The monoisotopic (exact) mass is 397 g/mol. The molecule has 1 heterocycles. The molecule has 0 aliphatic heterocycles. The lowest BCUT2D eigenvalue weighted by Gasteiger charge is -2.27. The highest BCUT2D eigenvalue weighted by Crippen LogP contribution is 2.18. The van der Waals surface area contributed by atoms with Crippen molar-refractivity contribution < 1.29 is 4.90 Å². The molecule has 0 aliphatic rings. The van der Waals surface area contributed by atoms with Crippen molar-refractivity contribution in [3.05, 3.63) is 87.8 Å². The van der Waals surface area contributed by atoms with Crippen molar-refractivity contribution in [2.24, 2.45) is 0 Å². The van der Waals surface area contributed by atoms with Crippen LogP contribution in [0, 0.1) is 0 Å². The molecular weight excluding hydrogens is 372 g/mol. The molecule has 0 fully saturated rings. The van der Waals surface area contributed by atoms with Crippen molar-refractivity contribution in [1.82, 2.24) is 9.78 Å². The van der Waals surface area contributed by atoms with Gasteiger partial charge in [0.15, 0.2) is 0 Å². The summed E-state index contributed by atoms with van der Waals surface area (Å²) in [6, 6.07) is 19.9. The highest BCUT2D eigenvalue weighted by molar-refractivity contribution is 6.32. The van der Waals surface area contributed by atoms with E-state index in [9.17, 15) is 4.79 Å². The zero-order chi connectivity index (χ0) is 19.9. The number of nitrogens with one attached hydrogen (secondary N) is 2. The second kappa shape index (κ2) is 9.53. The first-order chi connectivity index (χ1) is 13.7. The minimum absolute atomic E-state index is 0.153. The molecule has 2 aromatic carbocycles. The Balaban J connectivity index is 1.84. The maximum absolute atomic E-state index is 12.7. The second-order valence-corrected chi connectivity index (χ2v) is 7.01. The fraction of sp³-hybridized carbons (Fsp3) is 0.273. The van der Waals surface area contributed by atoms with Gasteiger partial charge in [0.25, 0.3) is 5.56 Å². The Labute approximate surface area is 170 Å². The van der Waals surface area contributed by atoms with E-state index in [1.54, 1.807) is 6.20 Å². The summed E-state index contributed by atoms with van der Waals surface area (Å²) in [5.74, 6) is 0. The van der Waals surface area contributed by atoms with Gasteiger partial charge in [-0.25, -0.2) is 0 Å². The summed E-state index contributed by atoms with van der Waals surface area (Å²) in [5.41, 5.74) is 2.18. The van der Waals surface area contributed by atoms with Gasteiger partial charge in [-0.15, -0.1) is 0 Å². The molecular formula is C22H26ClN4O+. The molecule has 0 spiro atoms. The number of nitrogens with zero attached hydrogens (tertiary/aromatic N) is 2. The molecule has 0 saturated carbocycles. The normalized spacial score (nSPS) is 12.1. The molecule has 0 bridgehead atoms. The van der Waals surface area contributed by atoms with Crippen LogP contribution in [0.15, 0.2) is 71.7 Å². The highest BCUT2D eigenvalue weighted by Gasteiger charge is 2.22. The van der Waals surface area contributed by atoms with Gasteiger partial charge in [0.2, 0.25) is 0 Å². The van der Waals surface area contributed by atoms with Gasteiger partial charge in [-0.1, -0.05) is 60.1 Å². The van der Waals surface area contributed by atoms with E-state index < -0.39 is 0 Å². The third-order valence-corrected chi connectivity index (χ3v) is 5.38. The van der Waals surface area contributed by atoms with Crippen molar-refractivity contribution >= 4 is 17.3 Å². The van der Waals surface area contributed by atoms with Gasteiger partial charge in [-0.3, -0.25) is 4.79 Å². The molecule has 0 unspecified atom stereocenters. The van der Waals surface area contributed by atoms with Crippen LogP contribution >= 0.6 is 11.6 Å². The molecule has 3 aromatic rings. The van der Waals surface area contributed by atoms with E-state index in [0.29, 0.717) is 17.9 Å². The van der Waals surface area contributed by atoms with E-state index in [4.69, 9.17) is 11.6 Å². The fourth-order valence-electron chi connectivity index (χ4n) is 3.45. The van der Waals surface area contributed by atoms with Gasteiger partial charge in [0, 0.05) is 5.56 Å². The Hall–Kier alpha value is -2.63. The Kier molecular flexibility index (Phi) is 6.85. The number of quaternary nitrogens is 1. The zero-order valence-corrected chi connectivity index (χ0v) is 17.0. The average Bonchev–Trinajstić information content (AvgIpc) is 2.75. The number of hydrogen-bond donors (Lipinski definition) is 2. The number of benzene rings is 2. The van der Waals surface area contributed by atoms with Crippen LogP contribution in [-0.4, -0.2) is 29.4 Å². The third-order valence-electron chi connectivity index (χ3n) is 5.02. The lowest BCUT2D eigenvalue weighted by atomic mass is 10.1. The van der Waals surface area contributed by atoms with E-state index >= 15 is 0 Å². The predicted molar refractivity (Wildman–Crippen MR) is 115 cm³/mol. The van der Waals surface area contributed by atoms with Crippen LogP contribution < -0.4 is 15.8 Å². The molecule has 5 nitrogen and oxygen atoms in total. The van der Waals surface area contributed by atoms with Crippen molar-refractivity contribution in [1.29, 1.82) is 0 Å². The molecule has 0 radical (unpaired) electrons. The Morgan fingerprint density at radius 1 is 1.04 bits per heavy atom. The van der Waals surface area contributed by atoms with Crippen molar-refractivity contribution in [3.8, 4) is 5.69 Å². The van der Waals surface area contributed by atoms with Crippen LogP contribution in [0.2, 0.25) is 5.02 Å². The number of aromatic nitrogens is 2. The van der Waals surface area contributed by atoms with Gasteiger partial charge >= 0.3 is 0 Å². The number of hydrogen-bond acceptors (Lipinski definition) is 3. The van der Waals surface area contributed by atoms with E-state index in [1.165, 1.54) is 15.1 Å². The molecule has 0 saturated heterocycles. The minimum atomic E-state index is -0.329. The van der Waals surface area contributed by atoms with Crippen molar-refractivity contribution in [2.45, 2.75) is 19.9 Å². The van der Waals surface area contributed by atoms with Gasteiger partial charge in [0.05, 0.1) is 37.2 Å². The topological polar surface area (TPSA) is 51.4 Å². The Bertz CT molecular complexity index is 940. The SMILES string of the molecule is CC[NH+](CC)[C@H](CNc1cnn(-c2ccccc2)c(=O)c1Cl)c1ccccc1. The zero-order valence-electron chi connectivity index (χ0n) is 16.2. The lowest BCUT2D eigenvalue weighted by Crippen LogP contribution is -3.12. The summed E-state index contributed by atoms with van der Waals surface area (Å²) in [7, 11) is 0. The molecule has 1 atom stereocenters. The van der Waals surface area contributed by atoms with E-state index in [2.05, 4.69) is 48.5 Å². The minimum Gasteiger partial charge on any atom is -0.376 e. The summed E-state index contributed by atoms with van der Waals surface area (Å²) < 4.78 is 1.32. The molecule has 146 valence electrons. The number of anilines is 1. The molecule has 28 heavy (non-hydrogen) atoms. The molecule has 0 aliphatic carbocycles. The van der Waals surface area contributed by atoms with Gasteiger partial charge in [-0.05, 0) is 26.0 Å². The van der Waals surface area contributed by atoms with Crippen molar-refractivity contribution in [2.75, 3.05) is 25.0 Å². The van der Waals surface area contributed by atoms with Gasteiger partial charge in [-0.2, -0.15) is 9.78 Å². The maximum Gasteiger partial charge on any atom is 0.292 e. The van der Waals surface area contributed by atoms with Crippen molar-refractivity contribution in [3.63, 3.8) is 0 Å². The van der Waals surface area contributed by atoms with Gasteiger partial charge in [0.1, 0.15) is 11.1 Å². The predicted octanol–water partition coefficient (Wildman–Crippen LogP) is 2.96. The molecule has 2 N–H and O–H groups in total. The lowest BCUT2D eigenvalue weighted by molar-refractivity contribution is -0.926. The van der Waals surface area contributed by atoms with Crippen LogP contribution in [0.25, 0.3) is 5.69 Å². The van der Waals surface area contributed by atoms with Crippen LogP contribution in [0.4, 0.5) is 5.69 Å². The first kappa shape index (κ1) is 20.1. The summed E-state index contributed by atoms with van der Waals surface area (Å²) in [4.78, 5) is 14.1. The maximum atomic E-state index is 12.7. The van der Waals surface area contributed by atoms with Crippen LogP contribution in [0.1, 0.15) is 25.5 Å². The Morgan fingerprint density at radius 2 is 1.64 bits per heavy atom. The summed E-state index contributed by atoms with van der Waals surface area (Å²) in [6.45, 7) is 7.06. The number of rotatable bonds is 8. The van der Waals surface area contributed by atoms with Crippen LogP contribution in [0.3, 0.4) is 0 Å². The standard InChI is InChI=1S/C22H25ClN4O/c1-3-26(4-2)20(17-11-7-5-8-12-17)16-24-19-15-25-27(22(28)21(19)23)18-13-9-6-10-14-18/h5-15,20,24H,3-4,16H2,1-2H3/p+1/t20-/m1/s1. The summed E-state index contributed by atoms with van der Waals surface area (Å²) >= 11 is 6.38. The van der Waals surface area contributed by atoms with Crippen LogP contribution in [-0.2, 0) is 0 Å². The third kappa shape index (κ3) is 4.43.